The summed E-state index contributed by atoms with van der Waals surface area (Å²) in [6.07, 6.45) is 4.71. The van der Waals surface area contributed by atoms with E-state index in [2.05, 4.69) is 230 Å². The lowest BCUT2D eigenvalue weighted by molar-refractivity contribution is 0.734. The monoisotopic (exact) mass is 745 g/mol. The number of benzene rings is 10. The van der Waals surface area contributed by atoms with Crippen molar-refractivity contribution in [2.45, 2.75) is 32.6 Å². The summed E-state index contributed by atoms with van der Waals surface area (Å²) < 4.78 is 0. The van der Waals surface area contributed by atoms with Gasteiger partial charge in [0.05, 0.1) is 5.69 Å². The highest BCUT2D eigenvalue weighted by molar-refractivity contribution is 6.14. The van der Waals surface area contributed by atoms with E-state index in [0.29, 0.717) is 0 Å². The number of para-hydroxylation sites is 1. The number of aryl methyl sites for hydroxylation is 3. The van der Waals surface area contributed by atoms with Gasteiger partial charge in [-0.15, -0.1) is 0 Å². The Bertz CT molecular complexity index is 2930. The largest absolute Gasteiger partial charge is 0.310 e. The molecule has 0 aliphatic carbocycles. The standard InChI is InChI=1S/C42H35N.C15H12/c1-3-13-32(14-4-1)15-7-8-16-33-23-25-34(26-24-33)35-27-29-38(30-28-35)43(37-18-5-2-6-19-37)42-31-36-17-9-10-20-39(36)40-21-11-12-22-41(40)42;1-11-10-12-6-2-3-8-14(12)15-9-5-4-7-13(11)15/h1-6,9-14,17-31H,7-8,15-16H2;2-10H,1H3. The summed E-state index contributed by atoms with van der Waals surface area (Å²) in [4.78, 5) is 2.39. The summed E-state index contributed by atoms with van der Waals surface area (Å²) in [5.74, 6) is 0. The first-order valence-electron chi connectivity index (χ1n) is 20.6. The Morgan fingerprint density at radius 2 is 0.741 bits per heavy atom. The van der Waals surface area contributed by atoms with Crippen LogP contribution >= 0.6 is 0 Å². The van der Waals surface area contributed by atoms with Gasteiger partial charge < -0.3 is 4.90 Å². The predicted molar refractivity (Wildman–Crippen MR) is 251 cm³/mol. The number of unbranched alkanes of at least 4 members (excludes halogenated alkanes) is 1. The summed E-state index contributed by atoms with van der Waals surface area (Å²) >= 11 is 0. The van der Waals surface area contributed by atoms with Crippen LogP contribution in [0.4, 0.5) is 17.1 Å². The molecule has 0 saturated heterocycles. The Morgan fingerprint density at radius 1 is 0.328 bits per heavy atom. The smallest absolute Gasteiger partial charge is 0.0546 e. The lowest BCUT2D eigenvalue weighted by atomic mass is 9.98. The summed E-state index contributed by atoms with van der Waals surface area (Å²) in [5.41, 5.74) is 10.2. The van der Waals surface area contributed by atoms with Crippen LogP contribution in [0.5, 0.6) is 0 Å². The first-order chi connectivity index (χ1) is 28.7. The topological polar surface area (TPSA) is 3.24 Å². The third-order valence-electron chi connectivity index (χ3n) is 11.4. The molecule has 10 aromatic rings. The number of fused-ring (bicyclic) bond motifs is 6. The van der Waals surface area contributed by atoms with Gasteiger partial charge in [0.15, 0.2) is 0 Å². The molecule has 0 spiro atoms. The van der Waals surface area contributed by atoms with E-state index in [0.717, 1.165) is 24.2 Å². The minimum Gasteiger partial charge on any atom is -0.310 e. The zero-order valence-corrected chi connectivity index (χ0v) is 33.1. The molecule has 0 unspecified atom stereocenters. The van der Waals surface area contributed by atoms with Gasteiger partial charge in [-0.1, -0.05) is 188 Å². The van der Waals surface area contributed by atoms with Crippen molar-refractivity contribution in [1.82, 2.24) is 0 Å². The van der Waals surface area contributed by atoms with Crippen molar-refractivity contribution in [1.29, 1.82) is 0 Å². The van der Waals surface area contributed by atoms with Crippen LogP contribution in [0.25, 0.3) is 54.2 Å². The average Bonchev–Trinajstić information content (AvgIpc) is 3.29. The Balaban J connectivity index is 0.000000242. The van der Waals surface area contributed by atoms with Crippen molar-refractivity contribution in [3.8, 4) is 11.1 Å². The van der Waals surface area contributed by atoms with Gasteiger partial charge in [0.1, 0.15) is 0 Å². The molecule has 0 radical (unpaired) electrons. The van der Waals surface area contributed by atoms with E-state index in [1.807, 2.05) is 0 Å². The van der Waals surface area contributed by atoms with E-state index in [1.54, 1.807) is 0 Å². The lowest BCUT2D eigenvalue weighted by Gasteiger charge is -2.27. The normalized spacial score (nSPS) is 11.1. The van der Waals surface area contributed by atoms with Crippen LogP contribution in [-0.2, 0) is 12.8 Å². The molecule has 0 aromatic heterocycles. The second-order valence-corrected chi connectivity index (χ2v) is 15.2. The van der Waals surface area contributed by atoms with E-state index in [1.165, 1.54) is 89.4 Å². The molecule has 10 aromatic carbocycles. The molecular formula is C57H47N. The van der Waals surface area contributed by atoms with Crippen LogP contribution in [0.15, 0.2) is 218 Å². The van der Waals surface area contributed by atoms with Crippen molar-refractivity contribution >= 4 is 60.2 Å². The SMILES string of the molecule is Cc1cc2ccccc2c2ccccc12.c1ccc(CCCCc2ccc(-c3ccc(N(c4ccccc4)c4cc5ccccc5c5ccccc45)cc3)cc2)cc1. The van der Waals surface area contributed by atoms with Gasteiger partial charge in [0.2, 0.25) is 0 Å². The van der Waals surface area contributed by atoms with Gasteiger partial charge in [-0.2, -0.15) is 0 Å². The maximum atomic E-state index is 2.39. The molecular weight excluding hydrogens is 699 g/mol. The Morgan fingerprint density at radius 3 is 1.34 bits per heavy atom. The third-order valence-corrected chi connectivity index (χ3v) is 11.4. The van der Waals surface area contributed by atoms with E-state index in [4.69, 9.17) is 0 Å². The van der Waals surface area contributed by atoms with Crippen molar-refractivity contribution in [2.24, 2.45) is 0 Å². The first-order valence-corrected chi connectivity index (χ1v) is 20.6. The highest BCUT2D eigenvalue weighted by atomic mass is 15.1. The molecule has 0 saturated carbocycles. The summed E-state index contributed by atoms with van der Waals surface area (Å²) in [7, 11) is 0. The second kappa shape index (κ2) is 17.0. The summed E-state index contributed by atoms with van der Waals surface area (Å²) in [5, 5.41) is 10.4. The fourth-order valence-electron chi connectivity index (χ4n) is 8.43. The number of hydrogen-bond donors (Lipinski definition) is 0. The highest BCUT2D eigenvalue weighted by Crippen LogP contribution is 2.42. The zero-order chi connectivity index (χ0) is 39.1. The van der Waals surface area contributed by atoms with Crippen LogP contribution in [-0.4, -0.2) is 0 Å². The van der Waals surface area contributed by atoms with Gasteiger partial charge in [-0.3, -0.25) is 0 Å². The van der Waals surface area contributed by atoms with Crippen LogP contribution in [0, 0.1) is 6.92 Å². The molecule has 0 aliphatic rings. The van der Waals surface area contributed by atoms with Crippen molar-refractivity contribution in [3.63, 3.8) is 0 Å². The maximum absolute atomic E-state index is 2.39. The molecule has 0 fully saturated rings. The van der Waals surface area contributed by atoms with Gasteiger partial charge in [0.25, 0.3) is 0 Å². The first kappa shape index (κ1) is 36.7. The van der Waals surface area contributed by atoms with Gasteiger partial charge in [0, 0.05) is 16.8 Å². The lowest BCUT2D eigenvalue weighted by Crippen LogP contribution is -2.10. The number of hydrogen-bond acceptors (Lipinski definition) is 1. The Kier molecular flexibility index (Phi) is 10.8. The maximum Gasteiger partial charge on any atom is 0.0546 e. The van der Waals surface area contributed by atoms with Crippen LogP contribution in [0.2, 0.25) is 0 Å². The molecule has 1 nitrogen and oxygen atoms in total. The van der Waals surface area contributed by atoms with E-state index < -0.39 is 0 Å². The minimum atomic E-state index is 1.12. The summed E-state index contributed by atoms with van der Waals surface area (Å²) in [6, 6.07) is 78.8. The van der Waals surface area contributed by atoms with E-state index in [9.17, 15) is 0 Å². The van der Waals surface area contributed by atoms with Crippen molar-refractivity contribution in [2.75, 3.05) is 4.90 Å². The van der Waals surface area contributed by atoms with E-state index in [-0.39, 0.29) is 0 Å². The van der Waals surface area contributed by atoms with E-state index >= 15 is 0 Å². The van der Waals surface area contributed by atoms with Crippen molar-refractivity contribution in [3.05, 3.63) is 235 Å². The van der Waals surface area contributed by atoms with Crippen molar-refractivity contribution < 1.29 is 0 Å². The Hall–Kier alpha value is -6.96. The number of rotatable bonds is 9. The number of anilines is 3. The predicted octanol–water partition coefficient (Wildman–Crippen LogP) is 16.0. The molecule has 0 N–H and O–H groups in total. The molecule has 280 valence electrons. The molecule has 0 aliphatic heterocycles. The molecule has 0 bridgehead atoms. The quantitative estimate of drug-likeness (QED) is 0.105. The zero-order valence-electron chi connectivity index (χ0n) is 33.1. The minimum absolute atomic E-state index is 1.12. The fraction of sp³-hybridized carbons (Fsp3) is 0.0877. The van der Waals surface area contributed by atoms with Gasteiger partial charge in [-0.25, -0.2) is 0 Å². The molecule has 0 amide bonds. The molecule has 10 rings (SSSR count). The van der Waals surface area contributed by atoms with Crippen LogP contribution in [0.3, 0.4) is 0 Å². The van der Waals surface area contributed by atoms with Crippen LogP contribution in [0.1, 0.15) is 29.5 Å². The highest BCUT2D eigenvalue weighted by Gasteiger charge is 2.17. The molecule has 1 heteroatoms. The fourth-order valence-corrected chi connectivity index (χ4v) is 8.43. The number of nitrogens with zero attached hydrogens (tertiary/aromatic N) is 1. The van der Waals surface area contributed by atoms with Gasteiger partial charge >= 0.3 is 0 Å². The average molecular weight is 746 g/mol. The molecule has 0 heterocycles. The van der Waals surface area contributed by atoms with Crippen LogP contribution < -0.4 is 4.90 Å². The molecule has 58 heavy (non-hydrogen) atoms. The summed E-state index contributed by atoms with van der Waals surface area (Å²) in [6.45, 7) is 2.18. The Labute approximate surface area is 342 Å². The van der Waals surface area contributed by atoms with Gasteiger partial charge in [-0.05, 0) is 128 Å². The second-order valence-electron chi connectivity index (χ2n) is 15.2. The third kappa shape index (κ3) is 7.85. The molecule has 0 atom stereocenters.